The van der Waals surface area contributed by atoms with Crippen molar-refractivity contribution < 1.29 is 19.4 Å². The number of aliphatic carboxylic acids is 1. The first-order valence-corrected chi connectivity index (χ1v) is 2.94. The zero-order valence-corrected chi connectivity index (χ0v) is 5.96. The highest BCUT2D eigenvalue weighted by Gasteiger charge is 2.24. The summed E-state index contributed by atoms with van der Waals surface area (Å²) in [4.78, 5) is 20.8. The number of carbonyl (C=O) groups excluding carboxylic acids is 1. The highest BCUT2D eigenvalue weighted by molar-refractivity contribution is 5.93. The molecule has 0 amide bonds. The number of hydrogen-bond acceptors (Lipinski definition) is 3. The predicted molar refractivity (Wildman–Crippen MR) is 33.4 cm³/mol. The average Bonchev–Trinajstić information content (AvgIpc) is 1.88. The summed E-state index contributed by atoms with van der Waals surface area (Å²) < 4.78 is 4.24. The summed E-state index contributed by atoms with van der Waals surface area (Å²) >= 11 is 0. The molecule has 0 bridgehead atoms. The quantitative estimate of drug-likeness (QED) is 0.458. The van der Waals surface area contributed by atoms with Gasteiger partial charge in [-0.3, -0.25) is 9.59 Å². The topological polar surface area (TPSA) is 63.6 Å². The van der Waals surface area contributed by atoms with Gasteiger partial charge >= 0.3 is 11.9 Å². The van der Waals surface area contributed by atoms with Gasteiger partial charge in [-0.05, 0) is 6.42 Å². The zero-order valence-electron chi connectivity index (χ0n) is 5.96. The molecule has 0 spiro atoms. The summed E-state index contributed by atoms with van der Waals surface area (Å²) in [7, 11) is 1.17. The molecule has 1 atom stereocenters. The second kappa shape index (κ2) is 3.87. The van der Waals surface area contributed by atoms with Crippen LogP contribution in [0.2, 0.25) is 0 Å². The SMILES string of the molecule is CCC(C(=O)O)C(=O)OC. The van der Waals surface area contributed by atoms with Gasteiger partial charge in [0.25, 0.3) is 0 Å². The van der Waals surface area contributed by atoms with Gasteiger partial charge in [-0.1, -0.05) is 6.92 Å². The Balaban J connectivity index is 4.06. The molecule has 0 aliphatic carbocycles. The molecule has 0 aliphatic rings. The van der Waals surface area contributed by atoms with Crippen LogP contribution in [0.4, 0.5) is 0 Å². The third kappa shape index (κ3) is 2.05. The monoisotopic (exact) mass is 146 g/mol. The number of hydrogen-bond donors (Lipinski definition) is 1. The molecule has 0 aromatic rings. The Morgan fingerprint density at radius 3 is 2.20 bits per heavy atom. The summed E-state index contributed by atoms with van der Waals surface area (Å²) in [5.41, 5.74) is 0. The van der Waals surface area contributed by atoms with Crippen molar-refractivity contribution in [1.29, 1.82) is 0 Å². The highest BCUT2D eigenvalue weighted by atomic mass is 16.5. The van der Waals surface area contributed by atoms with Gasteiger partial charge in [-0.15, -0.1) is 0 Å². The normalized spacial score (nSPS) is 12.2. The maximum atomic E-state index is 10.6. The first kappa shape index (κ1) is 8.94. The first-order chi connectivity index (χ1) is 4.63. The fourth-order valence-corrected chi connectivity index (χ4v) is 0.584. The van der Waals surface area contributed by atoms with Crippen LogP contribution in [0.3, 0.4) is 0 Å². The fraction of sp³-hybridized carbons (Fsp3) is 0.667. The molecule has 0 heterocycles. The molecule has 10 heavy (non-hydrogen) atoms. The van der Waals surface area contributed by atoms with E-state index in [0.29, 0.717) is 0 Å². The van der Waals surface area contributed by atoms with Crippen LogP contribution in [0.5, 0.6) is 0 Å². The Kier molecular flexibility index (Phi) is 3.46. The predicted octanol–water partition coefficient (Wildman–Crippen LogP) is 0.270. The van der Waals surface area contributed by atoms with E-state index >= 15 is 0 Å². The van der Waals surface area contributed by atoms with Gasteiger partial charge in [0.2, 0.25) is 0 Å². The van der Waals surface area contributed by atoms with E-state index in [0.717, 1.165) is 0 Å². The smallest absolute Gasteiger partial charge is 0.320 e. The second-order valence-electron chi connectivity index (χ2n) is 1.82. The van der Waals surface area contributed by atoms with Crippen LogP contribution in [-0.4, -0.2) is 24.2 Å². The van der Waals surface area contributed by atoms with Gasteiger partial charge in [0, 0.05) is 0 Å². The Bertz CT molecular complexity index is 141. The molecule has 4 heteroatoms. The average molecular weight is 146 g/mol. The van der Waals surface area contributed by atoms with E-state index in [9.17, 15) is 9.59 Å². The van der Waals surface area contributed by atoms with Crippen molar-refractivity contribution in [1.82, 2.24) is 0 Å². The van der Waals surface area contributed by atoms with E-state index in [2.05, 4.69) is 4.74 Å². The van der Waals surface area contributed by atoms with Crippen LogP contribution in [0.1, 0.15) is 13.3 Å². The van der Waals surface area contributed by atoms with Crippen LogP contribution < -0.4 is 0 Å². The summed E-state index contributed by atoms with van der Waals surface area (Å²) in [5.74, 6) is -2.82. The van der Waals surface area contributed by atoms with E-state index in [1.54, 1.807) is 6.92 Å². The van der Waals surface area contributed by atoms with Crippen molar-refractivity contribution in [3.8, 4) is 0 Å². The van der Waals surface area contributed by atoms with Gasteiger partial charge < -0.3 is 9.84 Å². The number of esters is 1. The maximum Gasteiger partial charge on any atom is 0.320 e. The van der Waals surface area contributed by atoms with Gasteiger partial charge in [0.05, 0.1) is 7.11 Å². The minimum absolute atomic E-state index is 0.266. The van der Waals surface area contributed by atoms with E-state index < -0.39 is 17.9 Å². The van der Waals surface area contributed by atoms with Gasteiger partial charge in [-0.25, -0.2) is 0 Å². The Labute approximate surface area is 58.8 Å². The number of carboxylic acids is 1. The van der Waals surface area contributed by atoms with E-state index in [1.165, 1.54) is 7.11 Å². The van der Waals surface area contributed by atoms with Crippen molar-refractivity contribution >= 4 is 11.9 Å². The molecule has 0 radical (unpaired) electrons. The van der Waals surface area contributed by atoms with Gasteiger partial charge in [-0.2, -0.15) is 0 Å². The van der Waals surface area contributed by atoms with Crippen LogP contribution in [0.25, 0.3) is 0 Å². The largest absolute Gasteiger partial charge is 0.481 e. The van der Waals surface area contributed by atoms with Crippen LogP contribution >= 0.6 is 0 Å². The molecule has 1 unspecified atom stereocenters. The molecule has 4 nitrogen and oxygen atoms in total. The van der Waals surface area contributed by atoms with Crippen molar-refractivity contribution in [3.63, 3.8) is 0 Å². The maximum absolute atomic E-state index is 10.6. The molecular weight excluding hydrogens is 136 g/mol. The summed E-state index contributed by atoms with van der Waals surface area (Å²) in [6.07, 6.45) is 0.266. The van der Waals surface area contributed by atoms with Crippen molar-refractivity contribution in [2.45, 2.75) is 13.3 Å². The lowest BCUT2D eigenvalue weighted by Crippen LogP contribution is -2.23. The standard InChI is InChI=1S/C6H10O4/c1-3-4(5(7)8)6(9)10-2/h4H,3H2,1-2H3,(H,7,8). The Morgan fingerprint density at radius 1 is 1.60 bits per heavy atom. The molecule has 0 rings (SSSR count). The number of methoxy groups -OCH3 is 1. The van der Waals surface area contributed by atoms with Crippen molar-refractivity contribution in [2.24, 2.45) is 5.92 Å². The summed E-state index contributed by atoms with van der Waals surface area (Å²) in [5, 5.41) is 8.37. The molecule has 58 valence electrons. The molecule has 0 fully saturated rings. The third-order valence-corrected chi connectivity index (χ3v) is 1.19. The molecule has 0 saturated carbocycles. The number of rotatable bonds is 3. The lowest BCUT2D eigenvalue weighted by atomic mass is 10.1. The summed E-state index contributed by atoms with van der Waals surface area (Å²) in [6.45, 7) is 1.62. The highest BCUT2D eigenvalue weighted by Crippen LogP contribution is 2.03. The van der Waals surface area contributed by atoms with Crippen molar-refractivity contribution in [2.75, 3.05) is 7.11 Å². The van der Waals surface area contributed by atoms with E-state index in [1.807, 2.05) is 0 Å². The molecule has 0 saturated heterocycles. The molecule has 1 N–H and O–H groups in total. The minimum Gasteiger partial charge on any atom is -0.481 e. The minimum atomic E-state index is -1.13. The van der Waals surface area contributed by atoms with Gasteiger partial charge in [0.1, 0.15) is 0 Å². The van der Waals surface area contributed by atoms with Crippen LogP contribution in [-0.2, 0) is 14.3 Å². The number of carboxylic acid groups (broad SMARTS) is 1. The lowest BCUT2D eigenvalue weighted by Gasteiger charge is -2.04. The van der Waals surface area contributed by atoms with Crippen LogP contribution in [0.15, 0.2) is 0 Å². The Morgan fingerprint density at radius 2 is 2.10 bits per heavy atom. The Hall–Kier alpha value is -1.06. The molecule has 0 aromatic heterocycles. The van der Waals surface area contributed by atoms with Gasteiger partial charge in [0.15, 0.2) is 5.92 Å². The zero-order chi connectivity index (χ0) is 8.15. The molecular formula is C6H10O4. The molecule has 0 aliphatic heterocycles. The second-order valence-corrected chi connectivity index (χ2v) is 1.82. The van der Waals surface area contributed by atoms with Crippen LogP contribution in [0, 0.1) is 5.92 Å². The molecule has 0 aromatic carbocycles. The number of carbonyl (C=O) groups is 2. The fourth-order valence-electron chi connectivity index (χ4n) is 0.584. The third-order valence-electron chi connectivity index (χ3n) is 1.19. The van der Waals surface area contributed by atoms with E-state index in [4.69, 9.17) is 5.11 Å². The summed E-state index contributed by atoms with van der Waals surface area (Å²) in [6, 6.07) is 0. The van der Waals surface area contributed by atoms with E-state index in [-0.39, 0.29) is 6.42 Å². The number of ether oxygens (including phenoxy) is 1. The van der Waals surface area contributed by atoms with Crippen molar-refractivity contribution in [3.05, 3.63) is 0 Å². The first-order valence-electron chi connectivity index (χ1n) is 2.94. The lowest BCUT2D eigenvalue weighted by molar-refractivity contribution is -0.156.